The summed E-state index contributed by atoms with van der Waals surface area (Å²) in [6.45, 7) is 2.71. The zero-order valence-electron chi connectivity index (χ0n) is 12.7. The molecule has 0 aromatic heterocycles. The molecule has 1 aromatic carbocycles. The lowest BCUT2D eigenvalue weighted by molar-refractivity contribution is -0.899. The number of primary amides is 1. The molecule has 0 aliphatic carbocycles. The molecule has 0 spiro atoms. The van der Waals surface area contributed by atoms with Gasteiger partial charge in [-0.2, -0.15) is 0 Å². The van der Waals surface area contributed by atoms with Crippen LogP contribution in [0.25, 0.3) is 0 Å². The monoisotopic (exact) mass is 322 g/mol. The number of piperidine rings is 1. The molecule has 2 atom stereocenters. The first-order valence-corrected chi connectivity index (χ1v) is 8.71. The second-order valence-electron chi connectivity index (χ2n) is 5.63. The van der Waals surface area contributed by atoms with Gasteiger partial charge in [-0.05, 0) is 25.0 Å². The molecule has 1 unspecified atom stereocenters. The Kier molecular flexibility index (Phi) is 6.74. The first kappa shape index (κ1) is 16.8. The van der Waals surface area contributed by atoms with Crippen molar-refractivity contribution in [3.63, 3.8) is 0 Å². The van der Waals surface area contributed by atoms with E-state index in [9.17, 15) is 9.59 Å². The Bertz CT molecular complexity index is 495. The fourth-order valence-corrected chi connectivity index (χ4v) is 3.51. The van der Waals surface area contributed by atoms with Crippen LogP contribution in [-0.2, 0) is 9.59 Å². The minimum Gasteiger partial charge on any atom is -0.369 e. The van der Waals surface area contributed by atoms with Crippen molar-refractivity contribution < 1.29 is 14.5 Å². The van der Waals surface area contributed by atoms with Gasteiger partial charge in [0.05, 0.1) is 19.0 Å². The van der Waals surface area contributed by atoms with Crippen LogP contribution in [-0.4, -0.2) is 43.7 Å². The van der Waals surface area contributed by atoms with Crippen LogP contribution in [0, 0.1) is 5.92 Å². The van der Waals surface area contributed by atoms with Crippen LogP contribution < -0.4 is 16.0 Å². The van der Waals surface area contributed by atoms with Gasteiger partial charge in [-0.15, -0.1) is 11.8 Å². The highest BCUT2D eigenvalue weighted by Crippen LogP contribution is 2.15. The zero-order valence-corrected chi connectivity index (χ0v) is 13.5. The van der Waals surface area contributed by atoms with Crippen molar-refractivity contribution in [3.05, 3.63) is 30.3 Å². The molecule has 1 aromatic rings. The summed E-state index contributed by atoms with van der Waals surface area (Å²) in [7, 11) is 0. The van der Waals surface area contributed by atoms with Crippen LogP contribution in [0.2, 0.25) is 0 Å². The van der Waals surface area contributed by atoms with Gasteiger partial charge in [-0.1, -0.05) is 18.2 Å². The third-order valence-corrected chi connectivity index (χ3v) is 4.88. The molecule has 1 aliphatic rings. The third kappa shape index (κ3) is 5.69. The molecule has 1 fully saturated rings. The lowest BCUT2D eigenvalue weighted by Crippen LogP contribution is -3.15. The Balaban J connectivity index is 1.62. The Labute approximate surface area is 135 Å². The van der Waals surface area contributed by atoms with E-state index in [1.54, 1.807) is 11.8 Å². The quantitative estimate of drug-likeness (QED) is 0.475. The number of nitrogens with one attached hydrogen (secondary N) is 2. The number of thioether (sulfide) groups is 1. The number of benzene rings is 1. The topological polar surface area (TPSA) is 76.6 Å². The summed E-state index contributed by atoms with van der Waals surface area (Å²) in [4.78, 5) is 25.5. The molecule has 0 radical (unpaired) electrons. The van der Waals surface area contributed by atoms with Crippen LogP contribution >= 0.6 is 11.8 Å². The largest absolute Gasteiger partial charge is 0.369 e. The summed E-state index contributed by atoms with van der Waals surface area (Å²) < 4.78 is 0. The highest BCUT2D eigenvalue weighted by Gasteiger charge is 2.28. The average molecular weight is 322 g/mol. The van der Waals surface area contributed by atoms with Crippen molar-refractivity contribution in [2.45, 2.75) is 17.7 Å². The van der Waals surface area contributed by atoms with Crippen LogP contribution in [0.1, 0.15) is 12.8 Å². The van der Waals surface area contributed by atoms with E-state index in [1.807, 2.05) is 18.2 Å². The fraction of sp³-hybridized carbons (Fsp3) is 0.500. The minimum atomic E-state index is -0.239. The van der Waals surface area contributed by atoms with Crippen molar-refractivity contribution in [1.82, 2.24) is 5.32 Å². The smallest absolute Gasteiger partial charge is 0.275 e. The van der Waals surface area contributed by atoms with E-state index < -0.39 is 0 Å². The van der Waals surface area contributed by atoms with E-state index in [2.05, 4.69) is 17.4 Å². The number of hydrogen-bond acceptors (Lipinski definition) is 3. The number of hydrogen-bond donors (Lipinski definition) is 3. The van der Waals surface area contributed by atoms with E-state index in [4.69, 9.17) is 5.73 Å². The van der Waals surface area contributed by atoms with Crippen LogP contribution in [0.3, 0.4) is 0 Å². The first-order chi connectivity index (χ1) is 10.6. The third-order valence-electron chi connectivity index (χ3n) is 3.87. The van der Waals surface area contributed by atoms with E-state index in [1.165, 1.54) is 4.90 Å². The maximum Gasteiger partial charge on any atom is 0.275 e. The number of nitrogens with two attached hydrogens (primary N) is 1. The molecule has 0 saturated carbocycles. The molecule has 22 heavy (non-hydrogen) atoms. The number of rotatable bonds is 7. The Morgan fingerprint density at radius 2 is 2.09 bits per heavy atom. The summed E-state index contributed by atoms with van der Waals surface area (Å²) in [6, 6.07) is 10.1. The van der Waals surface area contributed by atoms with E-state index in [0.29, 0.717) is 19.6 Å². The molecule has 1 aliphatic heterocycles. The predicted octanol–water partition coefficient (Wildman–Crippen LogP) is -0.325. The molecule has 5 nitrogen and oxygen atoms in total. The standard InChI is InChI=1S/C16H23N3O2S/c17-16(21)13-5-4-9-19(11-13)12-15(20)18-8-10-22-14-6-2-1-3-7-14/h1-3,6-7,13H,4-5,8-12H2,(H2,17,21)(H,18,20)/p+1/t13-/m0/s1. The first-order valence-electron chi connectivity index (χ1n) is 7.72. The molecule has 2 amide bonds. The van der Waals surface area contributed by atoms with Gasteiger partial charge in [0, 0.05) is 17.2 Å². The van der Waals surface area contributed by atoms with Crippen LogP contribution in [0.4, 0.5) is 0 Å². The van der Waals surface area contributed by atoms with E-state index in [-0.39, 0.29) is 17.7 Å². The zero-order chi connectivity index (χ0) is 15.8. The van der Waals surface area contributed by atoms with Gasteiger partial charge in [0.1, 0.15) is 0 Å². The summed E-state index contributed by atoms with van der Waals surface area (Å²) in [5.41, 5.74) is 5.36. The maximum atomic E-state index is 11.9. The Hall–Kier alpha value is -1.53. The van der Waals surface area contributed by atoms with Crippen molar-refractivity contribution in [3.8, 4) is 0 Å². The molecule has 120 valence electrons. The van der Waals surface area contributed by atoms with Gasteiger partial charge < -0.3 is 16.0 Å². The highest BCUT2D eigenvalue weighted by atomic mass is 32.2. The van der Waals surface area contributed by atoms with Crippen molar-refractivity contribution in [2.24, 2.45) is 11.7 Å². The van der Waals surface area contributed by atoms with Crippen LogP contribution in [0.5, 0.6) is 0 Å². The maximum absolute atomic E-state index is 11.9. The second-order valence-corrected chi connectivity index (χ2v) is 6.80. The summed E-state index contributed by atoms with van der Waals surface area (Å²) in [6.07, 6.45) is 1.81. The van der Waals surface area contributed by atoms with Gasteiger partial charge in [0.25, 0.3) is 5.91 Å². The van der Waals surface area contributed by atoms with Gasteiger partial charge >= 0.3 is 0 Å². The van der Waals surface area contributed by atoms with Gasteiger partial charge in [-0.3, -0.25) is 9.59 Å². The number of carbonyl (C=O) groups excluding carboxylic acids is 2. The summed E-state index contributed by atoms with van der Waals surface area (Å²) in [5.74, 6) is 0.588. The van der Waals surface area contributed by atoms with Crippen molar-refractivity contribution >= 4 is 23.6 Å². The normalized spacial score (nSPS) is 21.3. The molecule has 4 N–H and O–H groups in total. The van der Waals surface area contributed by atoms with Crippen molar-refractivity contribution in [2.75, 3.05) is 31.9 Å². The highest BCUT2D eigenvalue weighted by molar-refractivity contribution is 7.99. The Morgan fingerprint density at radius 1 is 1.32 bits per heavy atom. The minimum absolute atomic E-state index is 0.0498. The second kappa shape index (κ2) is 8.80. The van der Waals surface area contributed by atoms with Gasteiger partial charge in [-0.25, -0.2) is 0 Å². The number of carbonyl (C=O) groups is 2. The molecular formula is C16H24N3O2S+. The van der Waals surface area contributed by atoms with Gasteiger partial charge in [0.15, 0.2) is 6.54 Å². The number of quaternary nitrogens is 1. The molecule has 6 heteroatoms. The Morgan fingerprint density at radius 3 is 2.82 bits per heavy atom. The van der Waals surface area contributed by atoms with Crippen molar-refractivity contribution in [1.29, 1.82) is 0 Å². The summed E-state index contributed by atoms with van der Waals surface area (Å²) >= 11 is 1.73. The lowest BCUT2D eigenvalue weighted by atomic mass is 9.97. The van der Waals surface area contributed by atoms with Gasteiger partial charge in [0.2, 0.25) is 5.91 Å². The van der Waals surface area contributed by atoms with E-state index in [0.717, 1.165) is 30.0 Å². The molecule has 1 saturated heterocycles. The molecule has 1 heterocycles. The predicted molar refractivity (Wildman–Crippen MR) is 87.7 cm³/mol. The van der Waals surface area contributed by atoms with E-state index >= 15 is 0 Å². The lowest BCUT2D eigenvalue weighted by Gasteiger charge is -2.27. The van der Waals surface area contributed by atoms with Crippen LogP contribution in [0.15, 0.2) is 35.2 Å². The molecular weight excluding hydrogens is 298 g/mol. The number of amides is 2. The number of likely N-dealkylation sites (tertiary alicyclic amines) is 1. The fourth-order valence-electron chi connectivity index (χ4n) is 2.72. The SMILES string of the molecule is NC(=O)[C@H]1CCC[NH+](CC(=O)NCCSc2ccccc2)C1. The molecule has 0 bridgehead atoms. The summed E-state index contributed by atoms with van der Waals surface area (Å²) in [5, 5.41) is 2.95. The average Bonchev–Trinajstić information content (AvgIpc) is 2.53. The molecule has 2 rings (SSSR count).